The average Bonchev–Trinajstić information content (AvgIpc) is 3.15. The second-order valence-corrected chi connectivity index (χ2v) is 7.00. The minimum Gasteiger partial charge on any atom is -0.493 e. The van der Waals surface area contributed by atoms with Crippen molar-refractivity contribution in [1.29, 1.82) is 0 Å². The molecule has 0 saturated heterocycles. The molecule has 1 aliphatic heterocycles. The van der Waals surface area contributed by atoms with Crippen molar-refractivity contribution < 1.29 is 14.2 Å². The zero-order valence-corrected chi connectivity index (χ0v) is 13.6. The molecule has 4 nitrogen and oxygen atoms in total. The summed E-state index contributed by atoms with van der Waals surface area (Å²) in [4.78, 5) is 0. The fourth-order valence-electron chi connectivity index (χ4n) is 3.19. The summed E-state index contributed by atoms with van der Waals surface area (Å²) in [6.07, 6.45) is 7.61. The van der Waals surface area contributed by atoms with Crippen LogP contribution in [0.3, 0.4) is 0 Å². The molecule has 0 amide bonds. The highest BCUT2D eigenvalue weighted by Crippen LogP contribution is 2.42. The van der Waals surface area contributed by atoms with E-state index in [9.17, 15) is 0 Å². The molecule has 2 aliphatic rings. The normalized spacial score (nSPS) is 19.0. The molecule has 1 saturated carbocycles. The molecule has 1 fully saturated rings. The van der Waals surface area contributed by atoms with Gasteiger partial charge in [0.05, 0.1) is 7.11 Å². The van der Waals surface area contributed by atoms with Gasteiger partial charge in [0.15, 0.2) is 11.5 Å². The van der Waals surface area contributed by atoms with Gasteiger partial charge in [-0.15, -0.1) is 0 Å². The summed E-state index contributed by atoms with van der Waals surface area (Å²) in [5.41, 5.74) is 1.17. The van der Waals surface area contributed by atoms with Crippen LogP contribution in [-0.4, -0.2) is 31.5 Å². The van der Waals surface area contributed by atoms with Gasteiger partial charge >= 0.3 is 0 Å². The van der Waals surface area contributed by atoms with Crippen molar-refractivity contribution in [2.24, 2.45) is 0 Å². The highest BCUT2D eigenvalue weighted by atomic mass is 32.2. The molecule has 0 atom stereocenters. The van der Waals surface area contributed by atoms with Crippen LogP contribution in [0.5, 0.6) is 17.2 Å². The summed E-state index contributed by atoms with van der Waals surface area (Å²) < 4.78 is 16.7. The van der Waals surface area contributed by atoms with Crippen molar-refractivity contribution in [2.75, 3.05) is 26.7 Å². The summed E-state index contributed by atoms with van der Waals surface area (Å²) >= 11 is 2.01. The first-order valence-electron chi connectivity index (χ1n) is 7.49. The molecule has 5 heteroatoms. The lowest BCUT2D eigenvalue weighted by molar-refractivity contribution is 0.171. The number of ether oxygens (including phenoxy) is 3. The van der Waals surface area contributed by atoms with Gasteiger partial charge in [-0.25, -0.2) is 0 Å². The summed E-state index contributed by atoms with van der Waals surface area (Å²) in [5.74, 6) is 2.26. The van der Waals surface area contributed by atoms with Gasteiger partial charge in [0.2, 0.25) is 12.5 Å². The van der Waals surface area contributed by atoms with E-state index in [0.717, 1.165) is 30.3 Å². The van der Waals surface area contributed by atoms with E-state index in [0.29, 0.717) is 4.75 Å². The third-order valence-corrected chi connectivity index (χ3v) is 5.86. The van der Waals surface area contributed by atoms with Crippen molar-refractivity contribution in [2.45, 2.75) is 37.0 Å². The number of hydrogen-bond acceptors (Lipinski definition) is 5. The van der Waals surface area contributed by atoms with E-state index in [4.69, 9.17) is 14.2 Å². The number of nitrogens with one attached hydrogen (secondary N) is 1. The van der Waals surface area contributed by atoms with Crippen LogP contribution in [0, 0.1) is 0 Å². The Kier molecular flexibility index (Phi) is 4.50. The van der Waals surface area contributed by atoms with Gasteiger partial charge in [0, 0.05) is 17.8 Å². The van der Waals surface area contributed by atoms with E-state index in [2.05, 4.69) is 11.6 Å². The Hall–Kier alpha value is -1.07. The van der Waals surface area contributed by atoms with Crippen molar-refractivity contribution >= 4 is 11.8 Å². The molecule has 1 heterocycles. The lowest BCUT2D eigenvalue weighted by Gasteiger charge is -2.27. The first kappa shape index (κ1) is 14.9. The highest BCUT2D eigenvalue weighted by Gasteiger charge is 2.32. The van der Waals surface area contributed by atoms with Crippen molar-refractivity contribution in [3.05, 3.63) is 17.7 Å². The molecule has 116 valence electrons. The first-order valence-corrected chi connectivity index (χ1v) is 8.71. The van der Waals surface area contributed by atoms with Crippen LogP contribution in [0.2, 0.25) is 0 Å². The van der Waals surface area contributed by atoms with Gasteiger partial charge in [-0.2, -0.15) is 11.8 Å². The van der Waals surface area contributed by atoms with Crippen LogP contribution in [0.25, 0.3) is 0 Å². The van der Waals surface area contributed by atoms with Crippen LogP contribution < -0.4 is 19.5 Å². The standard InChI is InChI=1S/C16H23NO3S/c1-18-13-7-12(8-14-15(13)20-11-19-14)9-17-10-16(21-2)5-3-4-6-16/h7-8,17H,3-6,9-11H2,1-2H3. The van der Waals surface area contributed by atoms with Crippen molar-refractivity contribution in [3.63, 3.8) is 0 Å². The van der Waals surface area contributed by atoms with Gasteiger partial charge in [0.1, 0.15) is 0 Å². The monoisotopic (exact) mass is 309 g/mol. The van der Waals surface area contributed by atoms with Crippen LogP contribution >= 0.6 is 11.8 Å². The van der Waals surface area contributed by atoms with Gasteiger partial charge in [-0.05, 0) is 36.8 Å². The number of hydrogen-bond donors (Lipinski definition) is 1. The molecular formula is C16H23NO3S. The van der Waals surface area contributed by atoms with Crippen molar-refractivity contribution in [1.82, 2.24) is 5.32 Å². The molecule has 21 heavy (non-hydrogen) atoms. The Balaban J connectivity index is 1.63. The quantitative estimate of drug-likeness (QED) is 0.874. The Labute approximate surface area is 130 Å². The molecule has 1 aliphatic carbocycles. The van der Waals surface area contributed by atoms with E-state index in [-0.39, 0.29) is 6.79 Å². The SMILES string of the molecule is COc1cc(CNCC2(SC)CCCC2)cc2c1OCO2. The smallest absolute Gasteiger partial charge is 0.231 e. The highest BCUT2D eigenvalue weighted by molar-refractivity contribution is 8.00. The van der Waals surface area contributed by atoms with Crippen molar-refractivity contribution in [3.8, 4) is 17.2 Å². The Bertz CT molecular complexity index is 501. The zero-order valence-electron chi connectivity index (χ0n) is 12.7. The lowest BCUT2D eigenvalue weighted by Crippen LogP contribution is -2.34. The van der Waals surface area contributed by atoms with Crippen LogP contribution in [0.1, 0.15) is 31.2 Å². The molecular weight excluding hydrogens is 286 g/mol. The van der Waals surface area contributed by atoms with E-state index >= 15 is 0 Å². The van der Waals surface area contributed by atoms with Gasteiger partial charge in [-0.1, -0.05) is 12.8 Å². The summed E-state index contributed by atoms with van der Waals surface area (Å²) in [6, 6.07) is 4.07. The third-order valence-electron chi connectivity index (χ3n) is 4.44. The second-order valence-electron chi connectivity index (χ2n) is 5.73. The fourth-order valence-corrected chi connectivity index (χ4v) is 4.14. The maximum absolute atomic E-state index is 5.47. The molecule has 1 aromatic carbocycles. The lowest BCUT2D eigenvalue weighted by atomic mass is 10.1. The third kappa shape index (κ3) is 3.09. The summed E-state index contributed by atoms with van der Waals surface area (Å²) in [5, 5.41) is 3.61. The van der Waals surface area contributed by atoms with Crippen LogP contribution in [-0.2, 0) is 6.54 Å². The molecule has 0 radical (unpaired) electrons. The molecule has 1 aromatic rings. The first-order chi connectivity index (χ1) is 10.3. The fraction of sp³-hybridized carbons (Fsp3) is 0.625. The van der Waals surface area contributed by atoms with E-state index in [1.54, 1.807) is 7.11 Å². The summed E-state index contributed by atoms with van der Waals surface area (Å²) in [7, 11) is 1.66. The van der Waals surface area contributed by atoms with Crippen LogP contribution in [0.4, 0.5) is 0 Å². The van der Waals surface area contributed by atoms with Gasteiger partial charge in [0.25, 0.3) is 0 Å². The Morgan fingerprint density at radius 1 is 1.29 bits per heavy atom. The Morgan fingerprint density at radius 3 is 2.81 bits per heavy atom. The maximum atomic E-state index is 5.47. The van der Waals surface area contributed by atoms with E-state index in [1.165, 1.54) is 31.2 Å². The van der Waals surface area contributed by atoms with Crippen LogP contribution in [0.15, 0.2) is 12.1 Å². The zero-order chi connectivity index (χ0) is 14.7. The largest absolute Gasteiger partial charge is 0.493 e. The molecule has 3 rings (SSSR count). The van der Waals surface area contributed by atoms with Gasteiger partial charge in [-0.3, -0.25) is 0 Å². The number of fused-ring (bicyclic) bond motifs is 1. The summed E-state index contributed by atoms with van der Waals surface area (Å²) in [6.45, 7) is 2.17. The minimum absolute atomic E-state index is 0.276. The minimum atomic E-state index is 0.276. The van der Waals surface area contributed by atoms with E-state index < -0.39 is 0 Å². The number of benzene rings is 1. The Morgan fingerprint density at radius 2 is 2.10 bits per heavy atom. The predicted octanol–water partition coefficient (Wildman–Crippen LogP) is 3.19. The molecule has 0 unspecified atom stereocenters. The number of methoxy groups -OCH3 is 1. The number of rotatable bonds is 6. The predicted molar refractivity (Wildman–Crippen MR) is 85.5 cm³/mol. The number of thioether (sulfide) groups is 1. The topological polar surface area (TPSA) is 39.7 Å². The van der Waals surface area contributed by atoms with Gasteiger partial charge < -0.3 is 19.5 Å². The van der Waals surface area contributed by atoms with E-state index in [1.807, 2.05) is 23.9 Å². The second kappa shape index (κ2) is 6.36. The maximum Gasteiger partial charge on any atom is 0.231 e. The average molecular weight is 309 g/mol. The molecule has 0 aromatic heterocycles. The molecule has 0 bridgehead atoms. The molecule has 0 spiro atoms. The molecule has 1 N–H and O–H groups in total.